The van der Waals surface area contributed by atoms with Crippen LogP contribution < -0.4 is 10.0 Å². The van der Waals surface area contributed by atoms with Crippen LogP contribution in [0.15, 0.2) is 82.6 Å². The molecule has 0 aliphatic heterocycles. The largest absolute Gasteiger partial charge is 0.322 e. The van der Waals surface area contributed by atoms with Gasteiger partial charge in [-0.3, -0.25) is 9.52 Å². The first-order valence-corrected chi connectivity index (χ1v) is 11.3. The summed E-state index contributed by atoms with van der Waals surface area (Å²) in [7, 11) is -3.83. The van der Waals surface area contributed by atoms with Crippen LogP contribution in [0.5, 0.6) is 0 Å². The predicted octanol–water partition coefficient (Wildman–Crippen LogP) is 4.99. The lowest BCUT2D eigenvalue weighted by atomic mass is 10.2. The molecule has 3 aromatic rings. The van der Waals surface area contributed by atoms with Gasteiger partial charge in [0.2, 0.25) is 0 Å². The maximum absolute atomic E-state index is 13.0. The number of hydrogen-bond donors (Lipinski definition) is 2. The van der Waals surface area contributed by atoms with Crippen molar-refractivity contribution in [2.24, 2.45) is 0 Å². The van der Waals surface area contributed by atoms with Gasteiger partial charge < -0.3 is 5.32 Å². The molecule has 0 saturated carbocycles. The number of carbonyl (C=O) groups is 1. The zero-order valence-electron chi connectivity index (χ0n) is 15.6. The van der Waals surface area contributed by atoms with E-state index < -0.39 is 15.8 Å². The van der Waals surface area contributed by atoms with E-state index in [-0.39, 0.29) is 16.5 Å². The summed E-state index contributed by atoms with van der Waals surface area (Å²) in [6.07, 6.45) is 0. The zero-order chi connectivity index (χ0) is 20.9. The molecule has 0 aliphatic carbocycles. The van der Waals surface area contributed by atoms with Crippen LogP contribution >= 0.6 is 11.8 Å². The number of nitrogens with one attached hydrogen (secondary N) is 2. The molecule has 8 heteroatoms. The Kier molecular flexibility index (Phi) is 6.56. The molecule has 2 N–H and O–H groups in total. The molecule has 0 unspecified atom stereocenters. The lowest BCUT2D eigenvalue weighted by molar-refractivity contribution is 0.102. The van der Waals surface area contributed by atoms with Gasteiger partial charge >= 0.3 is 0 Å². The van der Waals surface area contributed by atoms with E-state index in [0.717, 1.165) is 10.6 Å². The zero-order valence-corrected chi connectivity index (χ0v) is 17.2. The molecule has 0 spiro atoms. The van der Waals surface area contributed by atoms with Crippen molar-refractivity contribution in [3.05, 3.63) is 84.2 Å². The number of sulfonamides is 1. The van der Waals surface area contributed by atoms with Gasteiger partial charge in [0.1, 0.15) is 5.82 Å². The fourth-order valence-electron chi connectivity index (χ4n) is 2.58. The summed E-state index contributed by atoms with van der Waals surface area (Å²) in [4.78, 5) is 13.5. The van der Waals surface area contributed by atoms with Crippen molar-refractivity contribution in [3.8, 4) is 0 Å². The van der Waals surface area contributed by atoms with Crippen molar-refractivity contribution in [2.45, 2.75) is 16.7 Å². The van der Waals surface area contributed by atoms with Crippen LogP contribution in [0.4, 0.5) is 15.8 Å². The van der Waals surface area contributed by atoms with Crippen LogP contribution in [0.25, 0.3) is 0 Å². The summed E-state index contributed by atoms with van der Waals surface area (Å²) in [5.74, 6) is 0.131. The van der Waals surface area contributed by atoms with Gasteiger partial charge in [-0.2, -0.15) is 0 Å². The van der Waals surface area contributed by atoms with Gasteiger partial charge in [0, 0.05) is 16.3 Å². The van der Waals surface area contributed by atoms with Crippen LogP contribution in [0.1, 0.15) is 17.3 Å². The van der Waals surface area contributed by atoms with E-state index in [2.05, 4.69) is 10.0 Å². The number of halogens is 1. The Bertz CT molecular complexity index is 1100. The second kappa shape index (κ2) is 9.11. The molecule has 5 nitrogen and oxygen atoms in total. The Morgan fingerprint density at radius 2 is 1.55 bits per heavy atom. The Balaban J connectivity index is 1.73. The van der Waals surface area contributed by atoms with Gasteiger partial charge in [-0.05, 0) is 66.4 Å². The van der Waals surface area contributed by atoms with Gasteiger partial charge in [-0.25, -0.2) is 12.8 Å². The van der Waals surface area contributed by atoms with Crippen LogP contribution in [-0.2, 0) is 10.0 Å². The van der Waals surface area contributed by atoms with E-state index in [4.69, 9.17) is 0 Å². The fourth-order valence-corrected chi connectivity index (χ4v) is 4.44. The first kappa shape index (κ1) is 20.9. The van der Waals surface area contributed by atoms with Crippen LogP contribution in [0.2, 0.25) is 0 Å². The number of amides is 1. The van der Waals surface area contributed by atoms with Gasteiger partial charge in [-0.15, -0.1) is 11.8 Å². The van der Waals surface area contributed by atoms with Crippen molar-refractivity contribution in [3.63, 3.8) is 0 Å². The quantitative estimate of drug-likeness (QED) is 0.518. The molecule has 0 aromatic heterocycles. The molecule has 0 aliphatic rings. The Labute approximate surface area is 173 Å². The highest BCUT2D eigenvalue weighted by Crippen LogP contribution is 2.24. The van der Waals surface area contributed by atoms with Crippen molar-refractivity contribution in [1.82, 2.24) is 0 Å². The third kappa shape index (κ3) is 5.36. The van der Waals surface area contributed by atoms with Crippen LogP contribution in [0.3, 0.4) is 0 Å². The van der Waals surface area contributed by atoms with E-state index >= 15 is 0 Å². The molecule has 0 radical (unpaired) electrons. The summed E-state index contributed by atoms with van der Waals surface area (Å²) in [6.45, 7) is 2.01. The second-order valence-corrected chi connectivity index (χ2v) is 9.01. The van der Waals surface area contributed by atoms with Gasteiger partial charge in [0.25, 0.3) is 15.9 Å². The number of rotatable bonds is 7. The first-order valence-electron chi connectivity index (χ1n) is 8.80. The average Bonchev–Trinajstić information content (AvgIpc) is 2.70. The summed E-state index contributed by atoms with van der Waals surface area (Å²) in [5.41, 5.74) is 1.30. The lowest BCUT2D eigenvalue weighted by Crippen LogP contribution is -2.14. The third-order valence-electron chi connectivity index (χ3n) is 3.95. The molecule has 0 saturated heterocycles. The molecule has 3 rings (SSSR count). The molecule has 0 bridgehead atoms. The van der Waals surface area contributed by atoms with Crippen LogP contribution in [-0.4, -0.2) is 20.1 Å². The molecule has 29 heavy (non-hydrogen) atoms. The van der Waals surface area contributed by atoms with Gasteiger partial charge in [-0.1, -0.05) is 19.1 Å². The van der Waals surface area contributed by atoms with E-state index in [0.29, 0.717) is 11.3 Å². The number of thioether (sulfide) groups is 1. The molecule has 150 valence electrons. The topological polar surface area (TPSA) is 75.3 Å². The summed E-state index contributed by atoms with van der Waals surface area (Å²) in [5, 5.41) is 2.78. The summed E-state index contributed by atoms with van der Waals surface area (Å²) < 4.78 is 40.3. The minimum atomic E-state index is -3.83. The third-order valence-corrected chi connectivity index (χ3v) is 6.30. The van der Waals surface area contributed by atoms with Crippen molar-refractivity contribution < 1.29 is 17.6 Å². The number of anilines is 2. The summed E-state index contributed by atoms with van der Waals surface area (Å²) in [6, 6.07) is 18.2. The Hall–Kier alpha value is -2.84. The molecular weight excluding hydrogens is 411 g/mol. The molecule has 0 atom stereocenters. The minimum Gasteiger partial charge on any atom is -0.322 e. The van der Waals surface area contributed by atoms with Crippen LogP contribution in [0, 0.1) is 5.82 Å². The minimum absolute atomic E-state index is 0.0294. The molecule has 0 fully saturated rings. The highest BCUT2D eigenvalue weighted by molar-refractivity contribution is 7.99. The second-order valence-electron chi connectivity index (χ2n) is 6.02. The summed E-state index contributed by atoms with van der Waals surface area (Å²) >= 11 is 1.58. The van der Waals surface area contributed by atoms with E-state index in [1.54, 1.807) is 23.9 Å². The number of carbonyl (C=O) groups excluding carboxylic acids is 1. The Morgan fingerprint density at radius 1 is 0.931 bits per heavy atom. The lowest BCUT2D eigenvalue weighted by Gasteiger charge is -2.11. The number of hydrogen-bond acceptors (Lipinski definition) is 4. The standard InChI is InChI=1S/C21H19FN2O3S2/c1-2-28-20-6-4-3-5-19(20)21(25)23-16-11-13-18(14-12-16)29(26,27)24-17-9-7-15(22)8-10-17/h3-14,24H,2H2,1H3,(H,23,25). The molecule has 0 heterocycles. The SMILES string of the molecule is CCSc1ccccc1C(=O)Nc1ccc(S(=O)(=O)Nc2ccc(F)cc2)cc1. The highest BCUT2D eigenvalue weighted by Gasteiger charge is 2.15. The molecule has 3 aromatic carbocycles. The first-order chi connectivity index (χ1) is 13.9. The predicted molar refractivity (Wildman–Crippen MR) is 114 cm³/mol. The van der Waals surface area contributed by atoms with E-state index in [1.807, 2.05) is 19.1 Å². The van der Waals surface area contributed by atoms with Gasteiger partial charge in [0.15, 0.2) is 0 Å². The average molecular weight is 431 g/mol. The maximum atomic E-state index is 13.0. The molecule has 1 amide bonds. The van der Waals surface area contributed by atoms with Crippen molar-refractivity contribution in [1.29, 1.82) is 0 Å². The molecular formula is C21H19FN2O3S2. The van der Waals surface area contributed by atoms with E-state index in [1.165, 1.54) is 48.5 Å². The number of benzene rings is 3. The maximum Gasteiger partial charge on any atom is 0.261 e. The monoisotopic (exact) mass is 430 g/mol. The normalized spacial score (nSPS) is 11.1. The fraction of sp³-hybridized carbons (Fsp3) is 0.0952. The Morgan fingerprint density at radius 3 is 2.21 bits per heavy atom. The van der Waals surface area contributed by atoms with Gasteiger partial charge in [0.05, 0.1) is 10.5 Å². The van der Waals surface area contributed by atoms with Crippen molar-refractivity contribution >= 4 is 39.1 Å². The highest BCUT2D eigenvalue weighted by atomic mass is 32.2. The van der Waals surface area contributed by atoms with Crippen molar-refractivity contribution in [2.75, 3.05) is 15.8 Å². The smallest absolute Gasteiger partial charge is 0.261 e. The van der Waals surface area contributed by atoms with E-state index in [9.17, 15) is 17.6 Å².